The van der Waals surface area contributed by atoms with Gasteiger partial charge in [-0.25, -0.2) is 13.4 Å². The Kier molecular flexibility index (Phi) is 3.92. The molecule has 0 amide bonds. The molecule has 2 heterocycles. The number of nitrogens with zero attached hydrogens (tertiary/aromatic N) is 2. The Morgan fingerprint density at radius 1 is 1.45 bits per heavy atom. The summed E-state index contributed by atoms with van der Waals surface area (Å²) in [5.74, 6) is -0.153. The second-order valence-electron chi connectivity index (χ2n) is 4.53. The monoisotopic (exact) mass is 310 g/mol. The lowest BCUT2D eigenvalue weighted by molar-refractivity contribution is -0.137. The Hall–Kier alpha value is -1.35. The fourth-order valence-corrected chi connectivity index (χ4v) is 2.79. The molecular weight excluding hydrogens is 297 g/mol. The standard InChI is InChI=1S/C11H13F3N2O3S/c1-20(17,18)16-5-3-9(7-16)19-10-6-8(2-4-15-10)11(12,13)14/h2,4,6,9H,3,5,7H2,1H3. The van der Waals surface area contributed by atoms with E-state index in [4.69, 9.17) is 4.74 Å². The van der Waals surface area contributed by atoms with Crippen molar-refractivity contribution in [3.8, 4) is 5.88 Å². The van der Waals surface area contributed by atoms with E-state index in [1.165, 1.54) is 4.31 Å². The Morgan fingerprint density at radius 3 is 2.70 bits per heavy atom. The van der Waals surface area contributed by atoms with E-state index in [0.29, 0.717) is 13.0 Å². The number of rotatable bonds is 3. The smallest absolute Gasteiger partial charge is 0.416 e. The van der Waals surface area contributed by atoms with Crippen molar-refractivity contribution in [3.05, 3.63) is 23.9 Å². The summed E-state index contributed by atoms with van der Waals surface area (Å²) in [5.41, 5.74) is -0.847. The Morgan fingerprint density at radius 2 is 2.15 bits per heavy atom. The van der Waals surface area contributed by atoms with Gasteiger partial charge in [0.1, 0.15) is 6.10 Å². The maximum absolute atomic E-state index is 12.5. The first kappa shape index (κ1) is 15.0. The minimum Gasteiger partial charge on any atom is -0.473 e. The normalized spacial score (nSPS) is 21.1. The molecule has 1 saturated heterocycles. The Labute approximate surface area is 114 Å². The largest absolute Gasteiger partial charge is 0.473 e. The van der Waals surface area contributed by atoms with Crippen molar-refractivity contribution in [2.45, 2.75) is 18.7 Å². The molecule has 1 aromatic heterocycles. The topological polar surface area (TPSA) is 59.5 Å². The number of pyridine rings is 1. The third-order valence-corrected chi connectivity index (χ3v) is 4.20. The van der Waals surface area contributed by atoms with E-state index in [0.717, 1.165) is 24.6 Å². The van der Waals surface area contributed by atoms with Crippen LogP contribution in [0.3, 0.4) is 0 Å². The van der Waals surface area contributed by atoms with Crippen LogP contribution in [0, 0.1) is 0 Å². The van der Waals surface area contributed by atoms with Gasteiger partial charge in [-0.3, -0.25) is 0 Å². The third-order valence-electron chi connectivity index (χ3n) is 2.93. The third kappa shape index (κ3) is 3.60. The van der Waals surface area contributed by atoms with Crippen molar-refractivity contribution < 1.29 is 26.3 Å². The Bertz CT molecular complexity index is 589. The number of hydrogen-bond donors (Lipinski definition) is 0. The summed E-state index contributed by atoms with van der Waals surface area (Å²) in [7, 11) is -3.31. The zero-order chi connectivity index (χ0) is 15.0. The average molecular weight is 310 g/mol. The zero-order valence-electron chi connectivity index (χ0n) is 10.6. The van der Waals surface area contributed by atoms with Gasteiger partial charge < -0.3 is 4.74 Å². The second kappa shape index (κ2) is 5.21. The summed E-state index contributed by atoms with van der Waals surface area (Å²) in [6, 6.07) is 1.66. The highest BCUT2D eigenvalue weighted by Crippen LogP contribution is 2.31. The highest BCUT2D eigenvalue weighted by Gasteiger charge is 2.33. The number of halogens is 3. The van der Waals surface area contributed by atoms with E-state index >= 15 is 0 Å². The first-order chi connectivity index (χ1) is 9.16. The van der Waals surface area contributed by atoms with Gasteiger partial charge in [0.25, 0.3) is 0 Å². The minimum absolute atomic E-state index is 0.122. The van der Waals surface area contributed by atoms with Crippen LogP contribution in [-0.4, -0.2) is 43.2 Å². The Balaban J connectivity index is 2.05. The van der Waals surface area contributed by atoms with E-state index in [-0.39, 0.29) is 12.4 Å². The molecule has 1 fully saturated rings. The zero-order valence-corrected chi connectivity index (χ0v) is 11.4. The highest BCUT2D eigenvalue weighted by molar-refractivity contribution is 7.88. The van der Waals surface area contributed by atoms with Crippen molar-refractivity contribution in [2.75, 3.05) is 19.3 Å². The first-order valence-corrected chi connectivity index (χ1v) is 7.66. The van der Waals surface area contributed by atoms with Crippen LogP contribution in [0.1, 0.15) is 12.0 Å². The first-order valence-electron chi connectivity index (χ1n) is 5.81. The van der Waals surface area contributed by atoms with Crippen LogP contribution in [0.15, 0.2) is 18.3 Å². The van der Waals surface area contributed by atoms with E-state index in [2.05, 4.69) is 4.98 Å². The van der Waals surface area contributed by atoms with Crippen LogP contribution in [0.2, 0.25) is 0 Å². The molecule has 1 unspecified atom stereocenters. The van der Waals surface area contributed by atoms with Crippen LogP contribution in [-0.2, 0) is 16.2 Å². The van der Waals surface area contributed by atoms with Crippen molar-refractivity contribution in [1.29, 1.82) is 0 Å². The number of aromatic nitrogens is 1. The van der Waals surface area contributed by atoms with Gasteiger partial charge >= 0.3 is 6.18 Å². The lowest BCUT2D eigenvalue weighted by atomic mass is 10.2. The number of ether oxygens (including phenoxy) is 1. The molecule has 0 aromatic carbocycles. The SMILES string of the molecule is CS(=O)(=O)N1CCC(Oc2cc(C(F)(F)F)ccn2)C1. The summed E-state index contributed by atoms with van der Waals surface area (Å²) in [6.07, 6.45) is -2.43. The van der Waals surface area contributed by atoms with Gasteiger partial charge in [0.15, 0.2) is 0 Å². The molecule has 1 aliphatic heterocycles. The molecule has 112 valence electrons. The molecule has 1 aromatic rings. The maximum atomic E-state index is 12.5. The van der Waals surface area contributed by atoms with Crippen LogP contribution >= 0.6 is 0 Å². The summed E-state index contributed by atoms with van der Waals surface area (Å²) in [5, 5.41) is 0. The molecule has 0 spiro atoms. The molecule has 2 rings (SSSR count). The van der Waals surface area contributed by atoms with Gasteiger partial charge in [-0.05, 0) is 12.5 Å². The quantitative estimate of drug-likeness (QED) is 0.849. The van der Waals surface area contributed by atoms with Crippen LogP contribution in [0.25, 0.3) is 0 Å². The van der Waals surface area contributed by atoms with Crippen molar-refractivity contribution in [1.82, 2.24) is 9.29 Å². The molecule has 20 heavy (non-hydrogen) atoms. The van der Waals surface area contributed by atoms with Gasteiger partial charge in [0.05, 0.1) is 18.4 Å². The lowest BCUT2D eigenvalue weighted by Gasteiger charge is -2.15. The average Bonchev–Trinajstić information content (AvgIpc) is 2.76. The van der Waals surface area contributed by atoms with E-state index < -0.39 is 27.9 Å². The molecule has 0 saturated carbocycles. The van der Waals surface area contributed by atoms with Gasteiger partial charge in [-0.2, -0.15) is 17.5 Å². The molecule has 1 aliphatic rings. The molecule has 0 aliphatic carbocycles. The fourth-order valence-electron chi connectivity index (χ4n) is 1.92. The molecule has 1 atom stereocenters. The number of alkyl halides is 3. The van der Waals surface area contributed by atoms with Crippen LogP contribution in [0.5, 0.6) is 5.88 Å². The lowest BCUT2D eigenvalue weighted by Crippen LogP contribution is -2.30. The second-order valence-corrected chi connectivity index (χ2v) is 6.51. The van der Waals surface area contributed by atoms with E-state index in [9.17, 15) is 21.6 Å². The summed E-state index contributed by atoms with van der Waals surface area (Å²) >= 11 is 0. The van der Waals surface area contributed by atoms with E-state index in [1.807, 2.05) is 0 Å². The predicted molar refractivity (Wildman–Crippen MR) is 64.7 cm³/mol. The molecule has 9 heteroatoms. The number of hydrogen-bond acceptors (Lipinski definition) is 4. The summed E-state index contributed by atoms with van der Waals surface area (Å²) < 4.78 is 66.8. The van der Waals surface area contributed by atoms with Gasteiger partial charge in [0, 0.05) is 18.8 Å². The molecular formula is C11H13F3N2O3S. The van der Waals surface area contributed by atoms with Crippen LogP contribution in [0.4, 0.5) is 13.2 Å². The van der Waals surface area contributed by atoms with Gasteiger partial charge in [-0.15, -0.1) is 0 Å². The number of sulfonamides is 1. The molecule has 5 nitrogen and oxygen atoms in total. The maximum Gasteiger partial charge on any atom is 0.416 e. The highest BCUT2D eigenvalue weighted by atomic mass is 32.2. The molecule has 0 bridgehead atoms. The fraction of sp³-hybridized carbons (Fsp3) is 0.545. The summed E-state index contributed by atoms with van der Waals surface area (Å²) in [6.45, 7) is 0.416. The summed E-state index contributed by atoms with van der Waals surface area (Å²) in [4.78, 5) is 3.71. The van der Waals surface area contributed by atoms with Crippen molar-refractivity contribution in [2.24, 2.45) is 0 Å². The van der Waals surface area contributed by atoms with Crippen molar-refractivity contribution in [3.63, 3.8) is 0 Å². The predicted octanol–water partition coefficient (Wildman–Crippen LogP) is 1.51. The van der Waals surface area contributed by atoms with Crippen LogP contribution < -0.4 is 4.74 Å². The van der Waals surface area contributed by atoms with Crippen molar-refractivity contribution >= 4 is 10.0 Å². The van der Waals surface area contributed by atoms with Gasteiger partial charge in [-0.1, -0.05) is 0 Å². The minimum atomic E-state index is -4.46. The van der Waals surface area contributed by atoms with Gasteiger partial charge in [0.2, 0.25) is 15.9 Å². The molecule has 0 radical (unpaired) electrons. The van der Waals surface area contributed by atoms with E-state index in [1.54, 1.807) is 0 Å². The molecule has 0 N–H and O–H groups in total.